The van der Waals surface area contributed by atoms with Crippen LogP contribution in [0.4, 0.5) is 8.78 Å². The number of nitrogens with one attached hydrogen (secondary N) is 2. The number of carbonyl (C=O) groups excluding carboxylic acids is 2. The van der Waals surface area contributed by atoms with Crippen LogP contribution in [-0.4, -0.2) is 46.0 Å². The molecule has 0 aliphatic carbocycles. The SMILES string of the molecule is O=C(NC1CCN(Cc2nnc(C(=O)NCc3ccc(F)cc3)s2)CC1)c1ccc(F)cc1. The Kier molecular flexibility index (Phi) is 7.36. The van der Waals surface area contributed by atoms with Gasteiger partial charge in [-0.2, -0.15) is 0 Å². The maximum Gasteiger partial charge on any atom is 0.282 e. The molecule has 1 aliphatic rings. The van der Waals surface area contributed by atoms with E-state index in [2.05, 4.69) is 25.7 Å². The number of rotatable bonds is 7. The third kappa shape index (κ3) is 6.39. The molecular weight excluding hydrogens is 448 g/mol. The summed E-state index contributed by atoms with van der Waals surface area (Å²) < 4.78 is 26.0. The third-order valence-corrected chi connectivity index (χ3v) is 6.32. The molecule has 2 heterocycles. The number of halogens is 2. The van der Waals surface area contributed by atoms with Gasteiger partial charge in [0.25, 0.3) is 11.8 Å². The zero-order valence-corrected chi connectivity index (χ0v) is 18.6. The molecule has 1 saturated heterocycles. The molecule has 0 atom stereocenters. The first kappa shape index (κ1) is 22.9. The zero-order valence-electron chi connectivity index (χ0n) is 17.8. The van der Waals surface area contributed by atoms with E-state index >= 15 is 0 Å². The Hall–Kier alpha value is -3.24. The molecule has 1 fully saturated rings. The highest BCUT2D eigenvalue weighted by Crippen LogP contribution is 2.17. The Balaban J connectivity index is 1.21. The number of likely N-dealkylation sites (tertiary alicyclic amines) is 1. The van der Waals surface area contributed by atoms with Gasteiger partial charge in [-0.05, 0) is 54.8 Å². The molecule has 0 unspecified atom stereocenters. The molecule has 2 N–H and O–H groups in total. The van der Waals surface area contributed by atoms with Crippen LogP contribution in [0.15, 0.2) is 48.5 Å². The Morgan fingerprint density at radius 3 is 2.24 bits per heavy atom. The normalized spacial score (nSPS) is 14.7. The van der Waals surface area contributed by atoms with Gasteiger partial charge in [0.05, 0.1) is 6.54 Å². The molecule has 172 valence electrons. The predicted octanol–water partition coefficient (Wildman–Crippen LogP) is 3.14. The zero-order chi connectivity index (χ0) is 23.2. The van der Waals surface area contributed by atoms with E-state index in [0.29, 0.717) is 12.1 Å². The number of carbonyl (C=O) groups is 2. The molecule has 3 aromatic rings. The maximum atomic E-state index is 13.0. The van der Waals surface area contributed by atoms with Gasteiger partial charge < -0.3 is 10.6 Å². The van der Waals surface area contributed by atoms with Crippen molar-refractivity contribution in [1.29, 1.82) is 0 Å². The van der Waals surface area contributed by atoms with Crippen LogP contribution in [0.1, 0.15) is 43.6 Å². The van der Waals surface area contributed by atoms with Crippen molar-refractivity contribution in [3.05, 3.63) is 81.3 Å². The second kappa shape index (κ2) is 10.6. The first-order valence-corrected chi connectivity index (χ1v) is 11.4. The molecule has 2 aromatic carbocycles. The second-order valence-electron chi connectivity index (χ2n) is 7.84. The van der Waals surface area contributed by atoms with Gasteiger partial charge in [-0.3, -0.25) is 14.5 Å². The molecule has 0 radical (unpaired) electrons. The largest absolute Gasteiger partial charge is 0.349 e. The quantitative estimate of drug-likeness (QED) is 0.553. The summed E-state index contributed by atoms with van der Waals surface area (Å²) in [6, 6.07) is 11.5. The third-order valence-electron chi connectivity index (χ3n) is 5.42. The summed E-state index contributed by atoms with van der Waals surface area (Å²) in [6.07, 6.45) is 1.58. The number of benzene rings is 2. The molecule has 33 heavy (non-hydrogen) atoms. The van der Waals surface area contributed by atoms with Gasteiger partial charge in [0, 0.05) is 31.2 Å². The first-order valence-electron chi connectivity index (χ1n) is 10.6. The minimum atomic E-state index is -0.370. The average molecular weight is 472 g/mol. The molecule has 1 aromatic heterocycles. The first-order chi connectivity index (χ1) is 16.0. The molecule has 7 nitrogen and oxygen atoms in total. The molecule has 1 aliphatic heterocycles. The van der Waals surface area contributed by atoms with Crippen molar-refractivity contribution in [2.75, 3.05) is 13.1 Å². The topological polar surface area (TPSA) is 87.2 Å². The number of hydrogen-bond acceptors (Lipinski definition) is 6. The fourth-order valence-corrected chi connectivity index (χ4v) is 4.36. The lowest BCUT2D eigenvalue weighted by atomic mass is 10.0. The standard InChI is InChI=1S/C23H23F2N5O2S/c24-17-5-1-15(2-6-17)13-26-22(32)23-29-28-20(33-23)14-30-11-9-19(10-12-30)27-21(31)16-3-7-18(25)8-4-16/h1-8,19H,9-14H2,(H,26,32)(H,27,31). The van der Waals surface area contributed by atoms with E-state index in [9.17, 15) is 18.4 Å². The Labute approximate surface area is 193 Å². The van der Waals surface area contributed by atoms with Crippen molar-refractivity contribution in [3.8, 4) is 0 Å². The van der Waals surface area contributed by atoms with Crippen LogP contribution < -0.4 is 10.6 Å². The fourth-order valence-electron chi connectivity index (χ4n) is 3.57. The Bertz CT molecular complexity index is 1100. The van der Waals surface area contributed by atoms with Gasteiger partial charge in [0.1, 0.15) is 16.6 Å². The van der Waals surface area contributed by atoms with Gasteiger partial charge in [0.2, 0.25) is 5.01 Å². The summed E-state index contributed by atoms with van der Waals surface area (Å²) in [5, 5.41) is 14.9. The highest BCUT2D eigenvalue weighted by molar-refractivity contribution is 7.13. The highest BCUT2D eigenvalue weighted by Gasteiger charge is 2.23. The summed E-state index contributed by atoms with van der Waals surface area (Å²) in [5.74, 6) is -1.21. The van der Waals surface area contributed by atoms with Gasteiger partial charge in [-0.15, -0.1) is 10.2 Å². The molecule has 0 saturated carbocycles. The van der Waals surface area contributed by atoms with Crippen LogP contribution in [0.5, 0.6) is 0 Å². The smallest absolute Gasteiger partial charge is 0.282 e. The lowest BCUT2D eigenvalue weighted by Gasteiger charge is -2.31. The summed E-state index contributed by atoms with van der Waals surface area (Å²) in [5.41, 5.74) is 1.24. The van der Waals surface area contributed by atoms with E-state index in [-0.39, 0.29) is 41.0 Å². The molecule has 2 amide bonds. The van der Waals surface area contributed by atoms with Crippen molar-refractivity contribution >= 4 is 23.2 Å². The lowest BCUT2D eigenvalue weighted by Crippen LogP contribution is -2.44. The minimum absolute atomic E-state index is 0.0565. The number of piperidine rings is 1. The van der Waals surface area contributed by atoms with Crippen molar-refractivity contribution in [2.45, 2.75) is 32.0 Å². The number of nitrogens with zero attached hydrogens (tertiary/aromatic N) is 3. The molecule has 0 spiro atoms. The van der Waals surface area contributed by atoms with E-state index in [1.165, 1.54) is 47.7 Å². The van der Waals surface area contributed by atoms with E-state index < -0.39 is 0 Å². The molecule has 4 rings (SSSR count). The summed E-state index contributed by atoms with van der Waals surface area (Å²) in [6.45, 7) is 2.42. The van der Waals surface area contributed by atoms with Crippen LogP contribution in [-0.2, 0) is 13.1 Å². The fraction of sp³-hybridized carbons (Fsp3) is 0.304. The summed E-state index contributed by atoms with van der Waals surface area (Å²) in [7, 11) is 0. The van der Waals surface area contributed by atoms with Gasteiger partial charge in [-0.1, -0.05) is 23.5 Å². The Morgan fingerprint density at radius 2 is 1.58 bits per heavy atom. The van der Waals surface area contributed by atoms with E-state index in [0.717, 1.165) is 36.5 Å². The molecule has 0 bridgehead atoms. The van der Waals surface area contributed by atoms with E-state index in [1.54, 1.807) is 12.1 Å². The number of aromatic nitrogens is 2. The van der Waals surface area contributed by atoms with Gasteiger partial charge in [-0.25, -0.2) is 8.78 Å². The van der Waals surface area contributed by atoms with Crippen molar-refractivity contribution in [2.24, 2.45) is 0 Å². The van der Waals surface area contributed by atoms with Crippen LogP contribution in [0.3, 0.4) is 0 Å². The van der Waals surface area contributed by atoms with E-state index in [4.69, 9.17) is 0 Å². The minimum Gasteiger partial charge on any atom is -0.349 e. The van der Waals surface area contributed by atoms with Crippen LogP contribution in [0, 0.1) is 11.6 Å². The van der Waals surface area contributed by atoms with Gasteiger partial charge >= 0.3 is 0 Å². The maximum absolute atomic E-state index is 13.0. The van der Waals surface area contributed by atoms with E-state index in [1.807, 2.05) is 0 Å². The van der Waals surface area contributed by atoms with Gasteiger partial charge in [0.15, 0.2) is 0 Å². The highest BCUT2D eigenvalue weighted by atomic mass is 32.1. The molecule has 10 heteroatoms. The van der Waals surface area contributed by atoms with Crippen molar-refractivity contribution in [1.82, 2.24) is 25.7 Å². The van der Waals surface area contributed by atoms with Crippen LogP contribution in [0.25, 0.3) is 0 Å². The number of hydrogen-bond donors (Lipinski definition) is 2. The summed E-state index contributed by atoms with van der Waals surface area (Å²) in [4.78, 5) is 26.8. The molecular formula is C23H23F2N5O2S. The van der Waals surface area contributed by atoms with Crippen LogP contribution in [0.2, 0.25) is 0 Å². The monoisotopic (exact) mass is 471 g/mol. The van der Waals surface area contributed by atoms with Crippen molar-refractivity contribution < 1.29 is 18.4 Å². The Morgan fingerprint density at radius 1 is 0.939 bits per heavy atom. The van der Waals surface area contributed by atoms with Crippen LogP contribution >= 0.6 is 11.3 Å². The summed E-state index contributed by atoms with van der Waals surface area (Å²) >= 11 is 1.25. The number of amides is 2. The predicted molar refractivity (Wildman–Crippen MR) is 120 cm³/mol. The average Bonchev–Trinajstić information content (AvgIpc) is 3.29. The lowest BCUT2D eigenvalue weighted by molar-refractivity contribution is 0.0907. The van der Waals surface area contributed by atoms with Crippen molar-refractivity contribution in [3.63, 3.8) is 0 Å². The second-order valence-corrected chi connectivity index (χ2v) is 8.90.